The molecule has 82 valence electrons. The molecule has 1 atom stereocenters. The zero-order chi connectivity index (χ0) is 11.4. The first-order chi connectivity index (χ1) is 7.02. The van der Waals surface area contributed by atoms with Crippen LogP contribution in [0.1, 0.15) is 32.4 Å². The molecule has 0 saturated heterocycles. The van der Waals surface area contributed by atoms with Gasteiger partial charge in [-0.25, -0.2) is 0 Å². The molecule has 1 rings (SSSR count). The van der Waals surface area contributed by atoms with Crippen LogP contribution in [0.3, 0.4) is 0 Å². The molecule has 3 heteroatoms. The Bertz CT molecular complexity index is 358. The van der Waals surface area contributed by atoms with E-state index in [1.165, 1.54) is 0 Å². The van der Waals surface area contributed by atoms with Gasteiger partial charge in [-0.1, -0.05) is 43.6 Å². The normalized spacial score (nSPS) is 14.3. The molecule has 0 aliphatic carbocycles. The zero-order valence-electron chi connectivity index (χ0n) is 9.37. The van der Waals surface area contributed by atoms with Crippen molar-refractivity contribution in [2.24, 2.45) is 16.6 Å². The van der Waals surface area contributed by atoms with Gasteiger partial charge in [0.15, 0.2) is 0 Å². The summed E-state index contributed by atoms with van der Waals surface area (Å²) in [5, 5.41) is 0.741. The maximum Gasteiger partial charge on any atom is 0.0970 e. The second-order valence-electron chi connectivity index (χ2n) is 3.91. The molecule has 1 unspecified atom stereocenters. The maximum atomic E-state index is 6.07. The van der Waals surface area contributed by atoms with Crippen molar-refractivity contribution < 1.29 is 0 Å². The third-order valence-corrected chi connectivity index (χ3v) is 2.63. The molecule has 0 heterocycles. The van der Waals surface area contributed by atoms with E-state index in [2.05, 4.69) is 4.99 Å². The highest BCUT2D eigenvalue weighted by molar-refractivity contribution is 6.31. The summed E-state index contributed by atoms with van der Waals surface area (Å²) < 4.78 is 0. The SMILES string of the molecule is CC(C)C(N)=NC(C)c1ccccc1Cl. The van der Waals surface area contributed by atoms with Gasteiger partial charge in [-0.15, -0.1) is 0 Å². The monoisotopic (exact) mass is 224 g/mol. The van der Waals surface area contributed by atoms with Crippen LogP contribution in [0.4, 0.5) is 0 Å². The van der Waals surface area contributed by atoms with Crippen LogP contribution in [0.2, 0.25) is 5.02 Å². The van der Waals surface area contributed by atoms with E-state index in [4.69, 9.17) is 17.3 Å². The van der Waals surface area contributed by atoms with Gasteiger partial charge in [0.25, 0.3) is 0 Å². The quantitative estimate of drug-likeness (QED) is 0.620. The number of hydrogen-bond acceptors (Lipinski definition) is 1. The predicted molar refractivity (Wildman–Crippen MR) is 66.3 cm³/mol. The van der Waals surface area contributed by atoms with Gasteiger partial charge in [0.2, 0.25) is 0 Å². The van der Waals surface area contributed by atoms with Gasteiger partial charge in [0, 0.05) is 10.9 Å². The van der Waals surface area contributed by atoms with Crippen molar-refractivity contribution in [3.63, 3.8) is 0 Å². The topological polar surface area (TPSA) is 38.4 Å². The van der Waals surface area contributed by atoms with Crippen molar-refractivity contribution in [1.29, 1.82) is 0 Å². The molecule has 0 aliphatic heterocycles. The Labute approximate surface area is 96.2 Å². The summed E-state index contributed by atoms with van der Waals surface area (Å²) >= 11 is 6.07. The van der Waals surface area contributed by atoms with Gasteiger partial charge in [-0.05, 0) is 18.6 Å². The Morgan fingerprint density at radius 2 is 1.87 bits per heavy atom. The molecule has 15 heavy (non-hydrogen) atoms. The van der Waals surface area contributed by atoms with E-state index in [1.54, 1.807) is 0 Å². The van der Waals surface area contributed by atoms with Gasteiger partial charge < -0.3 is 5.73 Å². The van der Waals surface area contributed by atoms with Crippen molar-refractivity contribution in [3.8, 4) is 0 Å². The van der Waals surface area contributed by atoms with Crippen LogP contribution < -0.4 is 5.73 Å². The Balaban J connectivity index is 2.91. The van der Waals surface area contributed by atoms with Crippen molar-refractivity contribution >= 4 is 17.4 Å². The fourth-order valence-electron chi connectivity index (χ4n) is 1.26. The highest BCUT2D eigenvalue weighted by Crippen LogP contribution is 2.25. The van der Waals surface area contributed by atoms with E-state index in [9.17, 15) is 0 Å². The first-order valence-electron chi connectivity index (χ1n) is 5.10. The van der Waals surface area contributed by atoms with Crippen LogP contribution >= 0.6 is 11.6 Å². The van der Waals surface area contributed by atoms with E-state index < -0.39 is 0 Å². The summed E-state index contributed by atoms with van der Waals surface area (Å²) in [7, 11) is 0. The predicted octanol–water partition coefficient (Wildman–Crippen LogP) is 3.41. The molecule has 0 amide bonds. The third-order valence-electron chi connectivity index (χ3n) is 2.29. The molecule has 0 aliphatic rings. The summed E-state index contributed by atoms with van der Waals surface area (Å²) in [6.07, 6.45) is 0. The van der Waals surface area contributed by atoms with Crippen LogP contribution in [-0.4, -0.2) is 5.84 Å². The standard InChI is InChI=1S/C12H17ClN2/c1-8(2)12(14)15-9(3)10-6-4-5-7-11(10)13/h4-9H,1-3H3,(H2,14,15). The number of rotatable bonds is 3. The van der Waals surface area contributed by atoms with Crippen molar-refractivity contribution in [2.45, 2.75) is 26.8 Å². The molecule has 1 aromatic carbocycles. The molecular formula is C12H17ClN2. The fraction of sp³-hybridized carbons (Fsp3) is 0.417. The Kier molecular flexibility index (Phi) is 4.15. The van der Waals surface area contributed by atoms with Gasteiger partial charge in [-0.3, -0.25) is 4.99 Å². The number of nitrogens with two attached hydrogens (primary N) is 1. The van der Waals surface area contributed by atoms with Gasteiger partial charge >= 0.3 is 0 Å². The van der Waals surface area contributed by atoms with E-state index in [0.717, 1.165) is 10.6 Å². The number of halogens is 1. The lowest BCUT2D eigenvalue weighted by Crippen LogP contribution is -2.19. The highest BCUT2D eigenvalue weighted by Gasteiger charge is 2.09. The van der Waals surface area contributed by atoms with E-state index in [1.807, 2.05) is 45.0 Å². The molecule has 0 aromatic heterocycles. The summed E-state index contributed by atoms with van der Waals surface area (Å²) in [5.41, 5.74) is 6.83. The second kappa shape index (κ2) is 5.17. The Hall–Kier alpha value is -1.02. The summed E-state index contributed by atoms with van der Waals surface area (Å²) in [6, 6.07) is 7.73. The van der Waals surface area contributed by atoms with Crippen LogP contribution in [-0.2, 0) is 0 Å². The molecule has 2 nitrogen and oxygen atoms in total. The second-order valence-corrected chi connectivity index (χ2v) is 4.31. The van der Waals surface area contributed by atoms with Gasteiger partial charge in [-0.2, -0.15) is 0 Å². The maximum absolute atomic E-state index is 6.07. The average Bonchev–Trinajstić information content (AvgIpc) is 2.18. The number of benzene rings is 1. The average molecular weight is 225 g/mol. The minimum atomic E-state index is 0.0149. The summed E-state index contributed by atoms with van der Waals surface area (Å²) in [4.78, 5) is 4.42. The van der Waals surface area contributed by atoms with E-state index in [0.29, 0.717) is 5.84 Å². The van der Waals surface area contributed by atoms with Gasteiger partial charge in [0.05, 0.1) is 11.9 Å². The van der Waals surface area contributed by atoms with Crippen LogP contribution in [0.15, 0.2) is 29.3 Å². The summed E-state index contributed by atoms with van der Waals surface area (Å²) in [5.74, 6) is 0.942. The summed E-state index contributed by atoms with van der Waals surface area (Å²) in [6.45, 7) is 6.05. The van der Waals surface area contributed by atoms with Crippen LogP contribution in [0.5, 0.6) is 0 Å². The number of aliphatic imine (C=N–C) groups is 1. The molecule has 0 saturated carbocycles. The van der Waals surface area contributed by atoms with Crippen molar-refractivity contribution in [3.05, 3.63) is 34.9 Å². The molecule has 0 bridgehead atoms. The Morgan fingerprint density at radius 1 is 1.27 bits per heavy atom. The van der Waals surface area contributed by atoms with Crippen molar-refractivity contribution in [2.75, 3.05) is 0 Å². The van der Waals surface area contributed by atoms with E-state index in [-0.39, 0.29) is 12.0 Å². The number of nitrogens with zero attached hydrogens (tertiary/aromatic N) is 1. The molecule has 0 fully saturated rings. The minimum Gasteiger partial charge on any atom is -0.387 e. The molecule has 1 aromatic rings. The molecule has 0 spiro atoms. The van der Waals surface area contributed by atoms with Crippen LogP contribution in [0, 0.1) is 5.92 Å². The molecule has 0 radical (unpaired) electrons. The smallest absolute Gasteiger partial charge is 0.0970 e. The number of amidine groups is 1. The minimum absolute atomic E-state index is 0.0149. The van der Waals surface area contributed by atoms with Gasteiger partial charge in [0.1, 0.15) is 0 Å². The highest BCUT2D eigenvalue weighted by atomic mass is 35.5. The lowest BCUT2D eigenvalue weighted by molar-refractivity contribution is 0.780. The van der Waals surface area contributed by atoms with Crippen molar-refractivity contribution in [1.82, 2.24) is 0 Å². The lowest BCUT2D eigenvalue weighted by Gasteiger charge is -2.11. The molecular weight excluding hydrogens is 208 g/mol. The zero-order valence-corrected chi connectivity index (χ0v) is 10.1. The lowest BCUT2D eigenvalue weighted by atomic mass is 10.1. The first-order valence-corrected chi connectivity index (χ1v) is 5.47. The number of hydrogen-bond donors (Lipinski definition) is 1. The largest absolute Gasteiger partial charge is 0.387 e. The Morgan fingerprint density at radius 3 is 2.40 bits per heavy atom. The van der Waals surface area contributed by atoms with Crippen LogP contribution in [0.25, 0.3) is 0 Å². The fourth-order valence-corrected chi connectivity index (χ4v) is 1.55. The first kappa shape index (κ1) is 12.1. The third kappa shape index (κ3) is 3.24. The van der Waals surface area contributed by atoms with E-state index >= 15 is 0 Å². The molecule has 2 N–H and O–H groups in total.